The van der Waals surface area contributed by atoms with Crippen molar-refractivity contribution in [1.82, 2.24) is 0 Å². The number of nitrogen functional groups attached to an aromatic ring is 1. The summed E-state index contributed by atoms with van der Waals surface area (Å²) >= 11 is 0. The lowest BCUT2D eigenvalue weighted by atomic mass is 10.2. The molecule has 0 bridgehead atoms. The van der Waals surface area contributed by atoms with Gasteiger partial charge in [-0.1, -0.05) is 32.6 Å². The summed E-state index contributed by atoms with van der Waals surface area (Å²) < 4.78 is 24.9. The predicted molar refractivity (Wildman–Crippen MR) is 70.8 cm³/mol. The summed E-state index contributed by atoms with van der Waals surface area (Å²) in [4.78, 5) is 0.498. The van der Waals surface area contributed by atoms with Crippen LogP contribution in [0.25, 0.3) is 0 Å². The smallest absolute Gasteiger partial charge is 0.126 e. The summed E-state index contributed by atoms with van der Waals surface area (Å²) in [6, 6.07) is 4.13. The second-order valence-corrected chi connectivity index (χ2v) is 5.75. The first kappa shape index (κ1) is 14.2. The normalized spacial score (nSPS) is 12.6. The van der Waals surface area contributed by atoms with Gasteiger partial charge in [-0.2, -0.15) is 0 Å². The zero-order valence-electron chi connectivity index (χ0n) is 10.2. The Kier molecular flexibility index (Phi) is 6.19. The van der Waals surface area contributed by atoms with Gasteiger partial charge in [0.25, 0.3) is 0 Å². The minimum Gasteiger partial charge on any atom is -0.399 e. The van der Waals surface area contributed by atoms with Crippen LogP contribution in [0, 0.1) is 5.82 Å². The lowest BCUT2D eigenvalue weighted by molar-refractivity contribution is 0.622. The predicted octanol–water partition coefficient (Wildman–Crippen LogP) is 3.49. The minimum atomic E-state index is -1.13. The number of halogens is 1. The van der Waals surface area contributed by atoms with Gasteiger partial charge in [-0.3, -0.25) is 4.21 Å². The molecule has 2 nitrogen and oxygen atoms in total. The first-order valence-corrected chi connectivity index (χ1v) is 7.40. The fourth-order valence-electron chi connectivity index (χ4n) is 1.67. The molecule has 1 aromatic carbocycles. The third-order valence-electron chi connectivity index (χ3n) is 2.59. The van der Waals surface area contributed by atoms with Crippen LogP contribution in [0.2, 0.25) is 0 Å². The van der Waals surface area contributed by atoms with E-state index in [4.69, 9.17) is 5.73 Å². The molecule has 0 saturated carbocycles. The summed E-state index contributed by atoms with van der Waals surface area (Å²) in [5.74, 6) is 0.173. The van der Waals surface area contributed by atoms with Crippen molar-refractivity contribution in [2.75, 3.05) is 11.5 Å². The second kappa shape index (κ2) is 7.43. The Morgan fingerprint density at radius 3 is 2.53 bits per heavy atom. The van der Waals surface area contributed by atoms with Crippen molar-refractivity contribution in [1.29, 1.82) is 0 Å². The molecule has 0 aromatic heterocycles. The highest BCUT2D eigenvalue weighted by Gasteiger charge is 2.06. The molecule has 0 aliphatic heterocycles. The average molecular weight is 257 g/mol. The lowest BCUT2D eigenvalue weighted by Gasteiger charge is -2.04. The van der Waals surface area contributed by atoms with Crippen LogP contribution >= 0.6 is 0 Å². The quantitative estimate of drug-likeness (QED) is 0.600. The van der Waals surface area contributed by atoms with E-state index in [0.29, 0.717) is 16.3 Å². The number of nitrogens with two attached hydrogens (primary N) is 1. The molecular weight excluding hydrogens is 237 g/mol. The molecule has 0 aliphatic carbocycles. The second-order valence-electron chi connectivity index (χ2n) is 4.18. The van der Waals surface area contributed by atoms with Gasteiger partial charge in [0.2, 0.25) is 0 Å². The Morgan fingerprint density at radius 1 is 1.18 bits per heavy atom. The van der Waals surface area contributed by atoms with Gasteiger partial charge >= 0.3 is 0 Å². The zero-order valence-corrected chi connectivity index (χ0v) is 11.1. The molecule has 1 atom stereocenters. The van der Waals surface area contributed by atoms with Crippen LogP contribution in [-0.4, -0.2) is 9.96 Å². The van der Waals surface area contributed by atoms with E-state index in [9.17, 15) is 8.60 Å². The Bertz CT molecular complexity index is 361. The van der Waals surface area contributed by atoms with Gasteiger partial charge in [0, 0.05) is 16.3 Å². The number of hydrogen-bond donors (Lipinski definition) is 1. The highest BCUT2D eigenvalue weighted by atomic mass is 32.2. The van der Waals surface area contributed by atoms with Crippen LogP contribution in [0.15, 0.2) is 23.1 Å². The average Bonchev–Trinajstić information content (AvgIpc) is 2.27. The highest BCUT2D eigenvalue weighted by Crippen LogP contribution is 2.15. The van der Waals surface area contributed by atoms with Gasteiger partial charge in [-0.05, 0) is 24.6 Å². The van der Waals surface area contributed by atoms with Crippen LogP contribution in [0.1, 0.15) is 39.0 Å². The fraction of sp³-hybridized carbons (Fsp3) is 0.538. The maximum Gasteiger partial charge on any atom is 0.126 e. The molecular formula is C13H20FNOS. The molecule has 0 aliphatic rings. The summed E-state index contributed by atoms with van der Waals surface area (Å²) in [6.45, 7) is 2.16. The third-order valence-corrected chi connectivity index (χ3v) is 4.01. The first-order valence-electron chi connectivity index (χ1n) is 6.08. The van der Waals surface area contributed by atoms with Crippen molar-refractivity contribution in [2.24, 2.45) is 0 Å². The van der Waals surface area contributed by atoms with Crippen molar-refractivity contribution in [3.8, 4) is 0 Å². The van der Waals surface area contributed by atoms with Gasteiger partial charge in [0.1, 0.15) is 5.82 Å². The zero-order chi connectivity index (χ0) is 12.7. The molecule has 2 N–H and O–H groups in total. The van der Waals surface area contributed by atoms with Crippen LogP contribution in [0.4, 0.5) is 10.1 Å². The fourth-order valence-corrected chi connectivity index (χ4v) is 2.88. The maximum atomic E-state index is 13.1. The van der Waals surface area contributed by atoms with Crippen LogP contribution in [-0.2, 0) is 10.8 Å². The number of anilines is 1. The third kappa shape index (κ3) is 5.31. The number of unbranched alkanes of at least 4 members (excludes halogenated alkanes) is 4. The molecule has 0 radical (unpaired) electrons. The summed E-state index contributed by atoms with van der Waals surface area (Å²) in [7, 11) is -1.13. The first-order chi connectivity index (χ1) is 8.13. The largest absolute Gasteiger partial charge is 0.399 e. The highest BCUT2D eigenvalue weighted by molar-refractivity contribution is 7.85. The molecule has 96 valence electrons. The van der Waals surface area contributed by atoms with Crippen molar-refractivity contribution >= 4 is 16.5 Å². The standard InChI is InChI=1S/C13H20FNOS/c1-2-3-4-5-6-7-17(16)13-9-11(14)8-12(15)10-13/h8-10H,2-7,15H2,1H3. The van der Waals surface area contributed by atoms with Gasteiger partial charge in [0.05, 0.1) is 10.8 Å². The molecule has 0 spiro atoms. The van der Waals surface area contributed by atoms with Crippen LogP contribution in [0.3, 0.4) is 0 Å². The Labute approximate surface area is 105 Å². The van der Waals surface area contributed by atoms with Crippen molar-refractivity contribution in [3.63, 3.8) is 0 Å². The number of rotatable bonds is 7. The molecule has 0 heterocycles. The van der Waals surface area contributed by atoms with Crippen molar-refractivity contribution in [2.45, 2.75) is 43.9 Å². The molecule has 0 saturated heterocycles. The van der Waals surface area contributed by atoms with E-state index in [2.05, 4.69) is 6.92 Å². The van der Waals surface area contributed by atoms with E-state index < -0.39 is 16.6 Å². The minimum absolute atomic E-state index is 0.333. The van der Waals surface area contributed by atoms with E-state index in [1.54, 1.807) is 6.07 Å². The van der Waals surface area contributed by atoms with E-state index in [0.717, 1.165) is 12.8 Å². The van der Waals surface area contributed by atoms with Crippen LogP contribution < -0.4 is 5.73 Å². The summed E-state index contributed by atoms with van der Waals surface area (Å²) in [5, 5.41) is 0. The SMILES string of the molecule is CCCCCCCS(=O)c1cc(N)cc(F)c1. The number of hydrogen-bond acceptors (Lipinski definition) is 2. The topological polar surface area (TPSA) is 43.1 Å². The number of benzene rings is 1. The van der Waals surface area contributed by atoms with Gasteiger partial charge in [-0.15, -0.1) is 0 Å². The van der Waals surface area contributed by atoms with E-state index in [1.807, 2.05) is 0 Å². The molecule has 1 aromatic rings. The van der Waals surface area contributed by atoms with Gasteiger partial charge in [0.15, 0.2) is 0 Å². The van der Waals surface area contributed by atoms with Crippen LogP contribution in [0.5, 0.6) is 0 Å². The van der Waals surface area contributed by atoms with E-state index >= 15 is 0 Å². The Hall–Kier alpha value is -0.900. The monoisotopic (exact) mass is 257 g/mol. The summed E-state index contributed by atoms with van der Waals surface area (Å²) in [6.07, 6.45) is 5.61. The molecule has 0 fully saturated rings. The van der Waals surface area contributed by atoms with Gasteiger partial charge in [-0.25, -0.2) is 4.39 Å². The molecule has 4 heteroatoms. The Morgan fingerprint density at radius 2 is 1.88 bits per heavy atom. The maximum absolute atomic E-state index is 13.1. The molecule has 0 amide bonds. The molecule has 1 unspecified atom stereocenters. The van der Waals surface area contributed by atoms with E-state index in [-0.39, 0.29) is 0 Å². The Balaban J connectivity index is 2.41. The van der Waals surface area contributed by atoms with E-state index in [1.165, 1.54) is 31.4 Å². The molecule has 17 heavy (non-hydrogen) atoms. The lowest BCUT2D eigenvalue weighted by Crippen LogP contribution is -2.00. The molecule has 1 rings (SSSR count). The van der Waals surface area contributed by atoms with Gasteiger partial charge < -0.3 is 5.73 Å². The summed E-state index contributed by atoms with van der Waals surface area (Å²) in [5.41, 5.74) is 5.85. The van der Waals surface area contributed by atoms with Crippen molar-refractivity contribution < 1.29 is 8.60 Å². The van der Waals surface area contributed by atoms with Crippen molar-refractivity contribution in [3.05, 3.63) is 24.0 Å².